The van der Waals surface area contributed by atoms with Crippen LogP contribution in [0.15, 0.2) is 16.6 Å². The van der Waals surface area contributed by atoms with Gasteiger partial charge in [-0.1, -0.05) is 11.6 Å². The zero-order valence-electron chi connectivity index (χ0n) is 14.6. The second-order valence-electron chi connectivity index (χ2n) is 6.35. The molecule has 0 spiro atoms. The third-order valence-corrected chi connectivity index (χ3v) is 4.74. The number of likely N-dealkylation sites (tertiary alicyclic amines) is 1. The van der Waals surface area contributed by atoms with Crippen LogP contribution in [0.3, 0.4) is 0 Å². The Balaban J connectivity index is 1.72. The van der Waals surface area contributed by atoms with Gasteiger partial charge in [-0.25, -0.2) is 0 Å². The zero-order valence-corrected chi connectivity index (χ0v) is 14.6. The number of nitrogens with zero attached hydrogens (tertiary/aromatic N) is 2. The lowest BCUT2D eigenvalue weighted by molar-refractivity contribution is -0.149. The molecule has 0 amide bonds. The first-order valence-electron chi connectivity index (χ1n) is 9.04. The highest BCUT2D eigenvalue weighted by molar-refractivity contribution is 5.80. The van der Waals surface area contributed by atoms with Gasteiger partial charge in [0.15, 0.2) is 5.96 Å². The molecule has 0 atom stereocenters. The van der Waals surface area contributed by atoms with E-state index in [4.69, 9.17) is 4.74 Å². The molecule has 0 unspecified atom stereocenters. The van der Waals surface area contributed by atoms with Gasteiger partial charge in [0, 0.05) is 26.7 Å². The molecule has 130 valence electrons. The normalized spacial score (nSPS) is 20.2. The van der Waals surface area contributed by atoms with Crippen molar-refractivity contribution in [2.24, 2.45) is 10.9 Å². The van der Waals surface area contributed by atoms with Gasteiger partial charge in [0.2, 0.25) is 0 Å². The number of carbonyl (C=O) groups is 1. The first kappa shape index (κ1) is 17.8. The predicted molar refractivity (Wildman–Crippen MR) is 93.5 cm³/mol. The molecule has 1 aliphatic heterocycles. The lowest BCUT2D eigenvalue weighted by atomic mass is 9.97. The highest BCUT2D eigenvalue weighted by Gasteiger charge is 2.27. The van der Waals surface area contributed by atoms with E-state index in [0.717, 1.165) is 44.9 Å². The van der Waals surface area contributed by atoms with Gasteiger partial charge in [0.25, 0.3) is 0 Å². The van der Waals surface area contributed by atoms with Crippen LogP contribution < -0.4 is 5.32 Å². The summed E-state index contributed by atoms with van der Waals surface area (Å²) in [6.45, 7) is 5.01. The first-order valence-corrected chi connectivity index (χ1v) is 9.04. The summed E-state index contributed by atoms with van der Waals surface area (Å²) >= 11 is 0. The molecule has 5 nitrogen and oxygen atoms in total. The summed E-state index contributed by atoms with van der Waals surface area (Å²) in [5.41, 5.74) is 1.58. The number of hydrogen-bond donors (Lipinski definition) is 1. The fraction of sp³-hybridized carbons (Fsp3) is 0.778. The number of nitrogens with one attached hydrogen (secondary N) is 1. The molecule has 23 heavy (non-hydrogen) atoms. The minimum Gasteiger partial charge on any atom is -0.466 e. The molecule has 5 heteroatoms. The highest BCUT2D eigenvalue weighted by Crippen LogP contribution is 2.20. The Morgan fingerprint density at radius 3 is 2.78 bits per heavy atom. The molecule has 1 heterocycles. The average Bonchev–Trinajstić information content (AvgIpc) is 2.60. The minimum atomic E-state index is -0.0423. The molecule has 0 aromatic carbocycles. The number of esters is 1. The Morgan fingerprint density at radius 2 is 2.17 bits per heavy atom. The average molecular weight is 321 g/mol. The highest BCUT2D eigenvalue weighted by atomic mass is 16.5. The van der Waals surface area contributed by atoms with Gasteiger partial charge in [0.05, 0.1) is 12.5 Å². The van der Waals surface area contributed by atoms with Gasteiger partial charge in [0.1, 0.15) is 0 Å². The van der Waals surface area contributed by atoms with E-state index in [1.807, 2.05) is 14.0 Å². The molecular formula is C18H31N3O2. The van der Waals surface area contributed by atoms with Crippen LogP contribution in [0.4, 0.5) is 0 Å². The number of aliphatic imine (C=N–C) groups is 1. The van der Waals surface area contributed by atoms with Crippen LogP contribution in [-0.4, -0.2) is 50.1 Å². The topological polar surface area (TPSA) is 53.9 Å². The molecule has 1 saturated heterocycles. The van der Waals surface area contributed by atoms with E-state index >= 15 is 0 Å². The summed E-state index contributed by atoms with van der Waals surface area (Å²) in [7, 11) is 1.83. The Hall–Kier alpha value is -1.52. The molecular weight excluding hydrogens is 290 g/mol. The van der Waals surface area contributed by atoms with Gasteiger partial charge < -0.3 is 15.0 Å². The summed E-state index contributed by atoms with van der Waals surface area (Å²) in [5, 5.41) is 3.47. The molecule has 0 saturated carbocycles. The first-order chi connectivity index (χ1) is 11.2. The van der Waals surface area contributed by atoms with Crippen molar-refractivity contribution in [2.75, 3.05) is 33.3 Å². The van der Waals surface area contributed by atoms with E-state index in [1.54, 1.807) is 5.57 Å². The molecule has 1 aliphatic carbocycles. The van der Waals surface area contributed by atoms with Crippen LogP contribution in [0, 0.1) is 5.92 Å². The van der Waals surface area contributed by atoms with Gasteiger partial charge >= 0.3 is 5.97 Å². The number of allylic oxidation sites excluding steroid dienone is 1. The molecule has 1 N–H and O–H groups in total. The van der Waals surface area contributed by atoms with E-state index in [0.29, 0.717) is 6.61 Å². The van der Waals surface area contributed by atoms with Crippen LogP contribution in [0.1, 0.15) is 51.9 Å². The zero-order chi connectivity index (χ0) is 16.5. The van der Waals surface area contributed by atoms with Crippen LogP contribution in [0.5, 0.6) is 0 Å². The van der Waals surface area contributed by atoms with Gasteiger partial charge in [-0.2, -0.15) is 0 Å². The molecule has 0 radical (unpaired) electrons. The summed E-state index contributed by atoms with van der Waals surface area (Å²) in [6.07, 6.45) is 10.4. The van der Waals surface area contributed by atoms with Crippen LogP contribution in [0.25, 0.3) is 0 Å². The van der Waals surface area contributed by atoms with Crippen molar-refractivity contribution in [1.82, 2.24) is 10.2 Å². The third kappa shape index (κ3) is 5.56. The number of hydrogen-bond acceptors (Lipinski definition) is 3. The Bertz CT molecular complexity index is 438. The second-order valence-corrected chi connectivity index (χ2v) is 6.35. The number of guanidine groups is 1. The van der Waals surface area contributed by atoms with Crippen molar-refractivity contribution in [3.8, 4) is 0 Å². The number of piperidine rings is 1. The molecule has 2 rings (SSSR count). The van der Waals surface area contributed by atoms with Crippen LogP contribution in [0.2, 0.25) is 0 Å². The van der Waals surface area contributed by atoms with E-state index in [9.17, 15) is 4.79 Å². The van der Waals surface area contributed by atoms with Crippen molar-refractivity contribution in [2.45, 2.75) is 51.9 Å². The van der Waals surface area contributed by atoms with E-state index in [-0.39, 0.29) is 11.9 Å². The quantitative estimate of drug-likeness (QED) is 0.366. The summed E-state index contributed by atoms with van der Waals surface area (Å²) < 4.78 is 5.13. The number of carbonyl (C=O) groups excluding carboxylic acids is 1. The minimum absolute atomic E-state index is 0.0423. The van der Waals surface area contributed by atoms with Crippen molar-refractivity contribution >= 4 is 11.9 Å². The Morgan fingerprint density at radius 1 is 1.39 bits per heavy atom. The standard InChI is InChI=1S/C18H31N3O2/c1-3-23-17(22)16-10-13-21(14-11-16)18(19-2)20-12-9-15-7-5-4-6-8-15/h7,16H,3-6,8-14H2,1-2H3,(H,19,20). The van der Waals surface area contributed by atoms with Crippen molar-refractivity contribution in [3.05, 3.63) is 11.6 Å². The maximum atomic E-state index is 11.8. The van der Waals surface area contributed by atoms with Crippen LogP contribution >= 0.6 is 0 Å². The van der Waals surface area contributed by atoms with Crippen molar-refractivity contribution in [3.63, 3.8) is 0 Å². The van der Waals surface area contributed by atoms with E-state index in [1.165, 1.54) is 25.7 Å². The van der Waals surface area contributed by atoms with E-state index in [2.05, 4.69) is 21.3 Å². The maximum absolute atomic E-state index is 11.8. The second kappa shape index (κ2) is 9.58. The Kier molecular flexibility index (Phi) is 7.43. The lowest BCUT2D eigenvalue weighted by Gasteiger charge is -2.33. The lowest BCUT2D eigenvalue weighted by Crippen LogP contribution is -2.47. The summed E-state index contributed by atoms with van der Waals surface area (Å²) in [6, 6.07) is 0. The van der Waals surface area contributed by atoms with Crippen molar-refractivity contribution in [1.29, 1.82) is 0 Å². The summed E-state index contributed by atoms with van der Waals surface area (Å²) in [4.78, 5) is 18.4. The van der Waals surface area contributed by atoms with Gasteiger partial charge in [-0.15, -0.1) is 0 Å². The van der Waals surface area contributed by atoms with E-state index < -0.39 is 0 Å². The third-order valence-electron chi connectivity index (χ3n) is 4.74. The predicted octanol–water partition coefficient (Wildman–Crippen LogP) is 2.73. The number of rotatable bonds is 5. The molecule has 0 aromatic rings. The smallest absolute Gasteiger partial charge is 0.309 e. The van der Waals surface area contributed by atoms with Crippen molar-refractivity contribution < 1.29 is 9.53 Å². The fourth-order valence-corrected chi connectivity index (χ4v) is 3.39. The largest absolute Gasteiger partial charge is 0.466 e. The molecule has 0 bridgehead atoms. The summed E-state index contributed by atoms with van der Waals surface area (Å²) in [5.74, 6) is 0.972. The van der Waals surface area contributed by atoms with Crippen LogP contribution in [-0.2, 0) is 9.53 Å². The fourth-order valence-electron chi connectivity index (χ4n) is 3.39. The molecule has 1 fully saturated rings. The Labute approximate surface area is 140 Å². The van der Waals surface area contributed by atoms with Gasteiger partial charge in [-0.05, 0) is 51.9 Å². The van der Waals surface area contributed by atoms with Gasteiger partial charge in [-0.3, -0.25) is 9.79 Å². The molecule has 2 aliphatic rings. The SMILES string of the molecule is CCOC(=O)C1CCN(C(=NC)NCCC2=CCCCC2)CC1. The number of ether oxygens (including phenoxy) is 1. The molecule has 0 aromatic heterocycles. The monoisotopic (exact) mass is 321 g/mol. The maximum Gasteiger partial charge on any atom is 0.309 e.